The first-order valence-electron chi connectivity index (χ1n) is 7.49. The lowest BCUT2D eigenvalue weighted by Crippen LogP contribution is -2.46. The number of hydrogen-bond acceptors (Lipinski definition) is 2. The monoisotopic (exact) mass is 272 g/mol. The summed E-state index contributed by atoms with van der Waals surface area (Å²) in [5, 5.41) is 3.46. The lowest BCUT2D eigenvalue weighted by atomic mass is 9.97. The van der Waals surface area contributed by atoms with Crippen LogP contribution < -0.4 is 5.32 Å². The molecular weight excluding hydrogens is 250 g/mol. The van der Waals surface area contributed by atoms with E-state index in [0.29, 0.717) is 5.92 Å². The summed E-state index contributed by atoms with van der Waals surface area (Å²) < 4.78 is 25.5. The zero-order chi connectivity index (χ0) is 13.5. The Hall–Kier alpha value is -0.710. The zero-order valence-electron chi connectivity index (χ0n) is 11.2. The Morgan fingerprint density at radius 2 is 1.84 bits per heavy atom. The van der Waals surface area contributed by atoms with Gasteiger partial charge in [0, 0.05) is 0 Å². The van der Waals surface area contributed by atoms with Crippen LogP contribution in [0.15, 0.2) is 0 Å². The molecule has 3 rings (SSSR count). The Kier molecular flexibility index (Phi) is 3.50. The number of hydrogen-bond donors (Lipinski definition) is 1. The molecule has 1 N–H and O–H groups in total. The zero-order valence-corrected chi connectivity index (χ0v) is 11.2. The number of halogens is 2. The van der Waals surface area contributed by atoms with Crippen LogP contribution in [-0.2, 0) is 4.79 Å². The molecule has 0 aromatic rings. The van der Waals surface area contributed by atoms with Crippen LogP contribution in [0, 0.1) is 5.92 Å². The number of rotatable bonds is 3. The van der Waals surface area contributed by atoms with Gasteiger partial charge in [-0.3, -0.25) is 10.1 Å². The second kappa shape index (κ2) is 5.00. The summed E-state index contributed by atoms with van der Waals surface area (Å²) in [7, 11) is 0. The van der Waals surface area contributed by atoms with E-state index in [1.807, 2.05) is 0 Å². The lowest BCUT2D eigenvalue weighted by Gasteiger charge is -2.28. The number of carbonyl (C=O) groups is 1. The molecule has 1 aliphatic heterocycles. The fraction of sp³-hybridized carbons (Fsp3) is 0.929. The summed E-state index contributed by atoms with van der Waals surface area (Å²) in [4.78, 5) is 14.0. The maximum Gasteiger partial charge on any atom is 0.255 e. The first-order chi connectivity index (χ1) is 9.12. The molecule has 2 saturated carbocycles. The fourth-order valence-electron chi connectivity index (χ4n) is 4.15. The summed E-state index contributed by atoms with van der Waals surface area (Å²) in [5.74, 6) is 0.296. The molecule has 0 radical (unpaired) electrons. The van der Waals surface area contributed by atoms with E-state index in [2.05, 4.69) is 5.32 Å². The van der Waals surface area contributed by atoms with Gasteiger partial charge in [-0.2, -0.15) is 0 Å². The minimum Gasteiger partial charge on any atom is -0.320 e. The molecule has 1 saturated heterocycles. The van der Waals surface area contributed by atoms with Gasteiger partial charge in [0.1, 0.15) is 0 Å². The summed E-state index contributed by atoms with van der Waals surface area (Å²) in [6.45, 7) is -0.408. The molecule has 3 aliphatic rings. The highest BCUT2D eigenvalue weighted by molar-refractivity contribution is 5.89. The van der Waals surface area contributed by atoms with Crippen molar-refractivity contribution in [3.05, 3.63) is 0 Å². The molecule has 1 unspecified atom stereocenters. The maximum atomic E-state index is 12.8. The van der Waals surface area contributed by atoms with E-state index in [4.69, 9.17) is 0 Å². The van der Waals surface area contributed by atoms with Gasteiger partial charge in [0.05, 0.1) is 18.2 Å². The topological polar surface area (TPSA) is 32.3 Å². The largest absolute Gasteiger partial charge is 0.320 e. The first-order valence-corrected chi connectivity index (χ1v) is 7.49. The molecule has 19 heavy (non-hydrogen) atoms. The van der Waals surface area contributed by atoms with Crippen molar-refractivity contribution < 1.29 is 13.6 Å². The van der Waals surface area contributed by atoms with Crippen LogP contribution in [0.2, 0.25) is 0 Å². The number of carbonyl (C=O) groups excluding carboxylic acids is 1. The highest BCUT2D eigenvalue weighted by Gasteiger charge is 2.54. The van der Waals surface area contributed by atoms with E-state index in [1.165, 1.54) is 4.90 Å². The minimum atomic E-state index is -2.44. The van der Waals surface area contributed by atoms with Crippen molar-refractivity contribution in [2.24, 2.45) is 5.92 Å². The van der Waals surface area contributed by atoms with Gasteiger partial charge in [-0.15, -0.1) is 0 Å². The summed E-state index contributed by atoms with van der Waals surface area (Å²) in [5.41, 5.74) is -0.512. The molecule has 2 aliphatic carbocycles. The van der Waals surface area contributed by atoms with Crippen LogP contribution in [-0.4, -0.2) is 35.5 Å². The molecule has 0 aromatic carbocycles. The molecule has 0 aromatic heterocycles. The quantitative estimate of drug-likeness (QED) is 0.856. The Balaban J connectivity index is 1.81. The van der Waals surface area contributed by atoms with Crippen LogP contribution in [0.5, 0.6) is 0 Å². The molecule has 1 atom stereocenters. The molecular formula is C14H22F2N2O. The maximum absolute atomic E-state index is 12.8. The van der Waals surface area contributed by atoms with Crippen molar-refractivity contribution >= 4 is 5.91 Å². The van der Waals surface area contributed by atoms with Gasteiger partial charge in [-0.25, -0.2) is 8.78 Å². The highest BCUT2D eigenvalue weighted by Crippen LogP contribution is 2.41. The van der Waals surface area contributed by atoms with Crippen molar-refractivity contribution in [1.29, 1.82) is 0 Å². The molecule has 1 spiro atoms. The first kappa shape index (κ1) is 13.3. The van der Waals surface area contributed by atoms with Gasteiger partial charge >= 0.3 is 0 Å². The Morgan fingerprint density at radius 1 is 1.21 bits per heavy atom. The standard InChI is InChI=1S/C14H22F2N2O/c15-11(16)9-18-12(10-5-1-2-6-10)17-14(13(18)19)7-3-4-8-14/h10-12,17H,1-9H2. The molecule has 3 nitrogen and oxygen atoms in total. The van der Waals surface area contributed by atoms with E-state index >= 15 is 0 Å². The second-order valence-electron chi connectivity index (χ2n) is 6.27. The van der Waals surface area contributed by atoms with Gasteiger partial charge in [0.2, 0.25) is 5.91 Å². The van der Waals surface area contributed by atoms with E-state index in [9.17, 15) is 13.6 Å². The number of alkyl halides is 2. The molecule has 108 valence electrons. The minimum absolute atomic E-state index is 0.0674. The average Bonchev–Trinajstić information content (AvgIpc) is 3.07. The van der Waals surface area contributed by atoms with Crippen LogP contribution in [0.4, 0.5) is 8.78 Å². The van der Waals surface area contributed by atoms with Gasteiger partial charge in [-0.05, 0) is 31.6 Å². The Labute approximate surface area is 112 Å². The molecule has 0 bridgehead atoms. The Morgan fingerprint density at radius 3 is 2.42 bits per heavy atom. The van der Waals surface area contributed by atoms with E-state index in [-0.39, 0.29) is 12.1 Å². The third-order valence-electron chi connectivity index (χ3n) is 5.07. The van der Waals surface area contributed by atoms with Gasteiger partial charge in [-0.1, -0.05) is 25.7 Å². The molecule has 1 amide bonds. The van der Waals surface area contributed by atoms with Crippen molar-refractivity contribution in [3.8, 4) is 0 Å². The van der Waals surface area contributed by atoms with E-state index < -0.39 is 18.5 Å². The van der Waals surface area contributed by atoms with Gasteiger partial charge in [0.25, 0.3) is 6.43 Å². The number of amides is 1. The molecule has 1 heterocycles. The van der Waals surface area contributed by atoms with Crippen molar-refractivity contribution in [1.82, 2.24) is 10.2 Å². The Bertz CT molecular complexity index is 349. The lowest BCUT2D eigenvalue weighted by molar-refractivity contribution is -0.135. The predicted molar refractivity (Wildman–Crippen MR) is 67.8 cm³/mol. The molecule has 5 heteroatoms. The average molecular weight is 272 g/mol. The van der Waals surface area contributed by atoms with Crippen LogP contribution in [0.25, 0.3) is 0 Å². The van der Waals surface area contributed by atoms with Crippen molar-refractivity contribution in [3.63, 3.8) is 0 Å². The van der Waals surface area contributed by atoms with Crippen molar-refractivity contribution in [2.45, 2.75) is 69.5 Å². The van der Waals surface area contributed by atoms with E-state index in [0.717, 1.165) is 51.4 Å². The smallest absolute Gasteiger partial charge is 0.255 e. The van der Waals surface area contributed by atoms with E-state index in [1.54, 1.807) is 0 Å². The third-order valence-corrected chi connectivity index (χ3v) is 5.07. The summed E-state index contributed by atoms with van der Waals surface area (Å²) >= 11 is 0. The highest BCUT2D eigenvalue weighted by atomic mass is 19.3. The predicted octanol–water partition coefficient (Wildman–Crippen LogP) is 2.51. The third kappa shape index (κ3) is 2.26. The number of nitrogens with one attached hydrogen (secondary N) is 1. The van der Waals surface area contributed by atoms with Crippen LogP contribution in [0.3, 0.4) is 0 Å². The van der Waals surface area contributed by atoms with Gasteiger partial charge < -0.3 is 4.90 Å². The van der Waals surface area contributed by atoms with Crippen LogP contribution >= 0.6 is 0 Å². The summed E-state index contributed by atoms with van der Waals surface area (Å²) in [6, 6.07) is 0. The van der Waals surface area contributed by atoms with Gasteiger partial charge in [0.15, 0.2) is 0 Å². The second-order valence-corrected chi connectivity index (χ2v) is 6.27. The van der Waals surface area contributed by atoms with Crippen LogP contribution in [0.1, 0.15) is 51.4 Å². The summed E-state index contributed by atoms with van der Waals surface area (Å²) in [6.07, 6.45) is 5.52. The van der Waals surface area contributed by atoms with Crippen molar-refractivity contribution in [2.75, 3.05) is 6.54 Å². The molecule has 3 fully saturated rings. The SMILES string of the molecule is O=C1N(CC(F)F)C(C2CCCC2)NC12CCCC2. The normalized spacial score (nSPS) is 31.2. The number of nitrogens with zero attached hydrogens (tertiary/aromatic N) is 1. The fourth-order valence-corrected chi connectivity index (χ4v) is 4.15.